The van der Waals surface area contributed by atoms with Crippen LogP contribution in [0.15, 0.2) is 6.20 Å². The lowest BCUT2D eigenvalue weighted by Gasteiger charge is -2.47. The van der Waals surface area contributed by atoms with E-state index in [1.54, 1.807) is 4.90 Å². The summed E-state index contributed by atoms with van der Waals surface area (Å²) in [6.07, 6.45) is 2.39. The molecule has 3 amide bonds. The van der Waals surface area contributed by atoms with E-state index < -0.39 is 11.5 Å². The highest BCUT2D eigenvalue weighted by Gasteiger charge is 2.50. The van der Waals surface area contributed by atoms with E-state index in [1.165, 1.54) is 6.20 Å². The van der Waals surface area contributed by atoms with Crippen LogP contribution in [-0.2, 0) is 9.53 Å². The van der Waals surface area contributed by atoms with Gasteiger partial charge in [0.05, 0.1) is 11.9 Å². The molecule has 2 fully saturated rings. The van der Waals surface area contributed by atoms with E-state index in [9.17, 15) is 14.4 Å². The van der Waals surface area contributed by atoms with Gasteiger partial charge in [0.1, 0.15) is 5.60 Å². The monoisotopic (exact) mass is 390 g/mol. The van der Waals surface area contributed by atoms with Crippen LogP contribution >= 0.6 is 0 Å². The van der Waals surface area contributed by atoms with Crippen molar-refractivity contribution in [2.75, 3.05) is 31.1 Å². The summed E-state index contributed by atoms with van der Waals surface area (Å²) in [4.78, 5) is 47.0. The van der Waals surface area contributed by atoms with Gasteiger partial charge >= 0.3 is 6.09 Å². The second kappa shape index (κ2) is 7.25. The number of nitrogens with one attached hydrogen (secondary N) is 2. The summed E-state index contributed by atoms with van der Waals surface area (Å²) < 4.78 is 5.43. The predicted octanol–water partition coefficient (Wildman–Crippen LogP) is 0.623. The maximum atomic E-state index is 12.2. The Balaban J connectivity index is 1.64. The first-order valence-corrected chi connectivity index (χ1v) is 9.18. The molecule has 0 aliphatic carbocycles. The number of carbonyl (C=O) groups excluding carboxylic acids is 3. The number of hydrogen-bond acceptors (Lipinski definition) is 7. The minimum absolute atomic E-state index is 0.0162. The Kier molecular flexibility index (Phi) is 5.14. The third-order valence-corrected chi connectivity index (χ3v) is 4.85. The Hall–Kier alpha value is -2.91. The van der Waals surface area contributed by atoms with Crippen LogP contribution in [0.4, 0.5) is 10.6 Å². The Morgan fingerprint density at radius 1 is 1.29 bits per heavy atom. The van der Waals surface area contributed by atoms with E-state index >= 15 is 0 Å². The van der Waals surface area contributed by atoms with Gasteiger partial charge in [0.25, 0.3) is 5.91 Å². The number of aryl methyl sites for hydroxylation is 1. The van der Waals surface area contributed by atoms with E-state index in [4.69, 9.17) is 4.74 Å². The first-order chi connectivity index (χ1) is 13.1. The van der Waals surface area contributed by atoms with E-state index in [-0.39, 0.29) is 17.2 Å². The number of aromatic nitrogens is 2. The zero-order chi connectivity index (χ0) is 20.5. The van der Waals surface area contributed by atoms with Crippen molar-refractivity contribution in [1.82, 2.24) is 25.7 Å². The number of anilines is 1. The third-order valence-electron chi connectivity index (χ3n) is 4.85. The van der Waals surface area contributed by atoms with Crippen LogP contribution in [0.3, 0.4) is 0 Å². The Bertz CT molecular complexity index is 785. The van der Waals surface area contributed by atoms with Crippen LogP contribution in [-0.4, -0.2) is 65.1 Å². The Morgan fingerprint density at radius 2 is 2.00 bits per heavy atom. The fraction of sp³-hybridized carbons (Fsp3) is 0.611. The first kappa shape index (κ1) is 19.8. The zero-order valence-electron chi connectivity index (χ0n) is 16.6. The van der Waals surface area contributed by atoms with Crippen molar-refractivity contribution in [2.45, 2.75) is 39.7 Å². The fourth-order valence-corrected chi connectivity index (χ4v) is 3.60. The van der Waals surface area contributed by atoms with Crippen molar-refractivity contribution in [1.29, 1.82) is 0 Å². The molecule has 10 nitrogen and oxygen atoms in total. The summed E-state index contributed by atoms with van der Waals surface area (Å²) in [5.74, 6) is 0.112. The maximum Gasteiger partial charge on any atom is 0.410 e. The minimum atomic E-state index is -0.533. The molecule has 1 aromatic heterocycles. The quantitative estimate of drug-likeness (QED) is 0.572. The van der Waals surface area contributed by atoms with Crippen molar-refractivity contribution < 1.29 is 19.1 Å². The van der Waals surface area contributed by atoms with Crippen LogP contribution < -0.4 is 15.8 Å². The smallest absolute Gasteiger partial charge is 0.410 e. The average Bonchev–Trinajstić information content (AvgIpc) is 3.02. The van der Waals surface area contributed by atoms with Crippen molar-refractivity contribution in [3.63, 3.8) is 0 Å². The molecule has 2 saturated heterocycles. The Labute approximate surface area is 163 Å². The van der Waals surface area contributed by atoms with Crippen LogP contribution in [0.25, 0.3) is 0 Å². The van der Waals surface area contributed by atoms with Gasteiger partial charge in [-0.05, 0) is 34.1 Å². The molecule has 3 rings (SSSR count). The van der Waals surface area contributed by atoms with Crippen LogP contribution in [0, 0.1) is 12.3 Å². The number of rotatable bonds is 4. The number of carbonyl (C=O) groups is 3. The summed E-state index contributed by atoms with van der Waals surface area (Å²) >= 11 is 0. The lowest BCUT2D eigenvalue weighted by Crippen LogP contribution is -2.60. The normalized spacial score (nSPS) is 17.9. The van der Waals surface area contributed by atoms with Gasteiger partial charge in [-0.25, -0.2) is 9.78 Å². The molecule has 0 unspecified atom stereocenters. The second-order valence-corrected chi connectivity index (χ2v) is 8.39. The van der Waals surface area contributed by atoms with Crippen molar-refractivity contribution in [2.24, 2.45) is 5.41 Å². The second-order valence-electron chi connectivity index (χ2n) is 8.39. The van der Waals surface area contributed by atoms with E-state index in [0.717, 1.165) is 25.2 Å². The molecular formula is C18H26N6O4. The average molecular weight is 390 g/mol. The van der Waals surface area contributed by atoms with Gasteiger partial charge in [0, 0.05) is 31.6 Å². The number of nitrogens with zero attached hydrogens (tertiary/aromatic N) is 4. The van der Waals surface area contributed by atoms with Gasteiger partial charge in [-0.1, -0.05) is 0 Å². The highest BCUT2D eigenvalue weighted by molar-refractivity contribution is 5.92. The molecule has 152 valence electrons. The molecule has 2 N–H and O–H groups in total. The lowest BCUT2D eigenvalue weighted by molar-refractivity contribution is -0.110. The van der Waals surface area contributed by atoms with Gasteiger partial charge in [0.2, 0.25) is 6.41 Å². The molecule has 1 aromatic rings. The molecule has 0 radical (unpaired) electrons. The summed E-state index contributed by atoms with van der Waals surface area (Å²) in [6.45, 7) is 10.2. The zero-order valence-corrected chi connectivity index (χ0v) is 16.6. The number of ether oxygens (including phenoxy) is 1. The minimum Gasteiger partial charge on any atom is -0.444 e. The molecule has 2 aliphatic rings. The molecule has 0 saturated carbocycles. The molecule has 0 aromatic carbocycles. The van der Waals surface area contributed by atoms with Gasteiger partial charge in [-0.15, -0.1) is 0 Å². The van der Waals surface area contributed by atoms with E-state index in [2.05, 4.69) is 25.7 Å². The molecule has 0 bridgehead atoms. The molecular weight excluding hydrogens is 364 g/mol. The topological polar surface area (TPSA) is 117 Å². The number of amides is 3. The lowest BCUT2D eigenvalue weighted by atomic mass is 9.79. The Morgan fingerprint density at radius 3 is 2.64 bits per heavy atom. The molecule has 0 atom stereocenters. The number of hydrazine groups is 1. The largest absolute Gasteiger partial charge is 0.444 e. The van der Waals surface area contributed by atoms with Gasteiger partial charge in [-0.2, -0.15) is 0 Å². The van der Waals surface area contributed by atoms with Crippen molar-refractivity contribution in [3.8, 4) is 0 Å². The molecule has 28 heavy (non-hydrogen) atoms. The third kappa shape index (κ3) is 4.15. The molecule has 3 heterocycles. The molecule has 1 spiro atoms. The summed E-state index contributed by atoms with van der Waals surface area (Å²) in [7, 11) is 0. The van der Waals surface area contributed by atoms with Gasteiger partial charge in [-0.3, -0.25) is 25.4 Å². The molecule has 2 aliphatic heterocycles. The fourth-order valence-electron chi connectivity index (χ4n) is 3.60. The summed E-state index contributed by atoms with van der Waals surface area (Å²) in [5, 5.41) is 0. The molecule has 10 heteroatoms. The van der Waals surface area contributed by atoms with Crippen LogP contribution in [0.1, 0.15) is 43.4 Å². The van der Waals surface area contributed by atoms with Gasteiger partial charge < -0.3 is 14.5 Å². The standard InChI is InChI=1S/C18H26N6O4/c1-12-14(21-13(7-19-12)15(26)22-20-11-25)23-6-5-18(8-23)9-24(10-18)16(27)28-17(2,3)4/h7,11H,5-6,8-10H2,1-4H3,(H,20,25)(H,22,26). The maximum absolute atomic E-state index is 12.2. The van der Waals surface area contributed by atoms with Crippen LogP contribution in [0.2, 0.25) is 0 Å². The van der Waals surface area contributed by atoms with Crippen molar-refractivity contribution >= 4 is 24.2 Å². The van der Waals surface area contributed by atoms with E-state index in [0.29, 0.717) is 25.3 Å². The summed E-state index contributed by atoms with van der Waals surface area (Å²) in [6, 6.07) is 0. The van der Waals surface area contributed by atoms with Crippen molar-refractivity contribution in [3.05, 3.63) is 17.6 Å². The SMILES string of the molecule is Cc1ncc(C(=O)NNC=O)nc1N1CCC2(CN(C(=O)OC(C)(C)C)C2)C1. The number of likely N-dealkylation sites (tertiary alicyclic amines) is 1. The van der Waals surface area contributed by atoms with E-state index in [1.807, 2.05) is 27.7 Å². The van der Waals surface area contributed by atoms with Crippen LogP contribution in [0.5, 0.6) is 0 Å². The predicted molar refractivity (Wildman–Crippen MR) is 101 cm³/mol. The first-order valence-electron chi connectivity index (χ1n) is 9.18. The highest BCUT2D eigenvalue weighted by Crippen LogP contribution is 2.41. The highest BCUT2D eigenvalue weighted by atomic mass is 16.6. The number of hydrogen-bond donors (Lipinski definition) is 2. The summed E-state index contributed by atoms with van der Waals surface area (Å²) in [5.41, 5.74) is 4.68. The van der Waals surface area contributed by atoms with Gasteiger partial charge in [0.15, 0.2) is 11.5 Å².